The third-order valence-corrected chi connectivity index (χ3v) is 9.14. The molecule has 2 heterocycles. The minimum atomic E-state index is -0.650. The first-order chi connectivity index (χ1) is 19.7. The Balaban J connectivity index is 1.56. The van der Waals surface area contributed by atoms with E-state index in [0.717, 1.165) is 23.8 Å². The van der Waals surface area contributed by atoms with E-state index in [4.69, 9.17) is 9.47 Å². The number of benzene rings is 3. The lowest BCUT2D eigenvalue weighted by atomic mass is 9.95. The molecule has 3 aromatic carbocycles. The fourth-order valence-electron chi connectivity index (χ4n) is 4.57. The minimum Gasteiger partial charge on any atom is -0.487 e. The zero-order chi connectivity index (χ0) is 29.3. The molecule has 0 aliphatic carbocycles. The van der Waals surface area contributed by atoms with Crippen molar-refractivity contribution < 1.29 is 18.7 Å². The van der Waals surface area contributed by atoms with Crippen LogP contribution in [0, 0.1) is 19.9 Å². The second-order valence-electron chi connectivity index (χ2n) is 9.41. The molecule has 41 heavy (non-hydrogen) atoms. The van der Waals surface area contributed by atoms with Gasteiger partial charge >= 0.3 is 5.97 Å². The van der Waals surface area contributed by atoms with Crippen molar-refractivity contribution in [1.82, 2.24) is 4.57 Å². The largest absolute Gasteiger partial charge is 0.487 e. The number of esters is 1. The Bertz CT molecular complexity index is 1840. The summed E-state index contributed by atoms with van der Waals surface area (Å²) in [6.45, 7) is 5.84. The molecule has 0 saturated heterocycles. The van der Waals surface area contributed by atoms with Crippen LogP contribution in [0.4, 0.5) is 4.39 Å². The molecule has 1 aliphatic rings. The topological polar surface area (TPSA) is 69.9 Å². The number of hydrogen-bond acceptors (Lipinski definition) is 6. The first-order valence-corrected chi connectivity index (χ1v) is 15.8. The molecule has 0 saturated carbocycles. The molecular formula is C31H25FI2N2O4S. The van der Waals surface area contributed by atoms with Crippen LogP contribution in [0.3, 0.4) is 0 Å². The van der Waals surface area contributed by atoms with Crippen LogP contribution in [-0.4, -0.2) is 17.1 Å². The maximum Gasteiger partial charge on any atom is 0.338 e. The number of aryl methyl sites for hydroxylation is 1. The summed E-state index contributed by atoms with van der Waals surface area (Å²) in [6, 6.07) is 17.5. The number of allylic oxidation sites excluding steroid dienone is 1. The lowest BCUT2D eigenvalue weighted by molar-refractivity contribution is -0.139. The summed E-state index contributed by atoms with van der Waals surface area (Å²) in [4.78, 5) is 32.1. The molecule has 1 atom stereocenters. The molecule has 0 radical (unpaired) electrons. The van der Waals surface area contributed by atoms with Crippen molar-refractivity contribution in [2.75, 3.05) is 6.61 Å². The Labute approximate surface area is 267 Å². The predicted molar refractivity (Wildman–Crippen MR) is 174 cm³/mol. The highest BCUT2D eigenvalue weighted by molar-refractivity contribution is 14.1. The fraction of sp³-hybridized carbons (Fsp3) is 0.194. The third-order valence-electron chi connectivity index (χ3n) is 6.56. The summed E-state index contributed by atoms with van der Waals surface area (Å²) in [5.41, 5.74) is 3.82. The van der Waals surface area contributed by atoms with Crippen molar-refractivity contribution in [1.29, 1.82) is 0 Å². The van der Waals surface area contributed by atoms with Gasteiger partial charge in [-0.05, 0) is 101 Å². The van der Waals surface area contributed by atoms with Gasteiger partial charge in [-0.15, -0.1) is 0 Å². The molecule has 6 nitrogen and oxygen atoms in total. The van der Waals surface area contributed by atoms with Crippen LogP contribution in [0.2, 0.25) is 0 Å². The fourth-order valence-corrected chi connectivity index (χ4v) is 7.75. The average molecular weight is 794 g/mol. The van der Waals surface area contributed by atoms with Gasteiger partial charge in [-0.3, -0.25) is 9.36 Å². The van der Waals surface area contributed by atoms with Gasteiger partial charge in [0.1, 0.15) is 18.2 Å². The summed E-state index contributed by atoms with van der Waals surface area (Å²) in [5, 5.41) is 0. The van der Waals surface area contributed by atoms with Crippen molar-refractivity contribution in [2.45, 2.75) is 33.4 Å². The highest BCUT2D eigenvalue weighted by Crippen LogP contribution is 2.32. The maximum absolute atomic E-state index is 14.1. The zero-order valence-electron chi connectivity index (χ0n) is 22.4. The smallest absolute Gasteiger partial charge is 0.338 e. The standard InChI is InChI=1S/C31H25FI2N2O4S/c1-4-39-30(38)26-18(3)35-31-36(27(26)20-11-9-17(2)10-12-20)29(37)25(41-31)15-19-13-23(33)28(24(34)14-19)40-16-21-7-5-6-8-22(21)32/h5-15,27H,4,16H2,1-3H3/b25-15+/t27-/m1/s1. The van der Waals surface area contributed by atoms with Crippen LogP contribution >= 0.6 is 56.5 Å². The second kappa shape index (κ2) is 12.6. The van der Waals surface area contributed by atoms with Crippen LogP contribution < -0.4 is 19.6 Å². The summed E-state index contributed by atoms with van der Waals surface area (Å²) in [5.74, 6) is -0.138. The van der Waals surface area contributed by atoms with Gasteiger partial charge in [0.15, 0.2) is 4.80 Å². The first kappa shape index (κ1) is 29.6. The number of nitrogens with zero attached hydrogens (tertiary/aromatic N) is 2. The van der Waals surface area contributed by atoms with Gasteiger partial charge in [-0.1, -0.05) is 59.4 Å². The highest BCUT2D eigenvalue weighted by Gasteiger charge is 2.33. The Morgan fingerprint density at radius 3 is 2.44 bits per heavy atom. The molecule has 0 N–H and O–H groups in total. The second-order valence-corrected chi connectivity index (χ2v) is 12.7. The number of carbonyl (C=O) groups excluding carboxylic acids is 1. The lowest BCUT2D eigenvalue weighted by Crippen LogP contribution is -2.39. The van der Waals surface area contributed by atoms with E-state index in [1.807, 2.05) is 49.4 Å². The van der Waals surface area contributed by atoms with E-state index in [9.17, 15) is 14.0 Å². The maximum atomic E-state index is 14.1. The molecule has 10 heteroatoms. The summed E-state index contributed by atoms with van der Waals surface area (Å²) >= 11 is 5.65. The summed E-state index contributed by atoms with van der Waals surface area (Å²) in [7, 11) is 0. The van der Waals surface area contributed by atoms with E-state index in [1.165, 1.54) is 17.4 Å². The molecule has 1 aromatic heterocycles. The number of hydrogen-bond donors (Lipinski definition) is 0. The van der Waals surface area contributed by atoms with E-state index in [-0.39, 0.29) is 24.6 Å². The van der Waals surface area contributed by atoms with Crippen LogP contribution in [0.5, 0.6) is 5.75 Å². The number of thiazole rings is 1. The normalized spacial score (nSPS) is 15.0. The third kappa shape index (κ3) is 6.19. The molecule has 1 aliphatic heterocycles. The quantitative estimate of drug-likeness (QED) is 0.169. The van der Waals surface area contributed by atoms with Crippen molar-refractivity contribution >= 4 is 68.6 Å². The molecule has 210 valence electrons. The number of fused-ring (bicyclic) bond motifs is 1. The lowest BCUT2D eigenvalue weighted by Gasteiger charge is -2.24. The van der Waals surface area contributed by atoms with E-state index in [1.54, 1.807) is 36.6 Å². The van der Waals surface area contributed by atoms with Crippen LogP contribution in [0.1, 0.15) is 42.1 Å². The van der Waals surface area contributed by atoms with Crippen LogP contribution in [0.15, 0.2) is 81.7 Å². The van der Waals surface area contributed by atoms with Gasteiger partial charge in [0.25, 0.3) is 5.56 Å². The number of ether oxygens (including phenoxy) is 2. The van der Waals surface area contributed by atoms with Crippen molar-refractivity contribution in [3.63, 3.8) is 0 Å². The molecule has 0 spiro atoms. The average Bonchev–Trinajstić information content (AvgIpc) is 3.23. The van der Waals surface area contributed by atoms with Crippen molar-refractivity contribution in [3.8, 4) is 5.75 Å². The van der Waals surface area contributed by atoms with E-state index >= 15 is 0 Å². The molecule has 5 rings (SSSR count). The van der Waals surface area contributed by atoms with Gasteiger partial charge in [-0.2, -0.15) is 0 Å². The predicted octanol–water partition coefficient (Wildman–Crippen LogP) is 6.03. The van der Waals surface area contributed by atoms with Gasteiger partial charge in [0.05, 0.1) is 35.6 Å². The minimum absolute atomic E-state index is 0.109. The Morgan fingerprint density at radius 1 is 1.10 bits per heavy atom. The molecular weight excluding hydrogens is 769 g/mol. The summed E-state index contributed by atoms with van der Waals surface area (Å²) in [6.07, 6.45) is 1.82. The Morgan fingerprint density at radius 2 is 1.78 bits per heavy atom. The highest BCUT2D eigenvalue weighted by atomic mass is 127. The monoisotopic (exact) mass is 794 g/mol. The van der Waals surface area contributed by atoms with Crippen molar-refractivity contribution in [3.05, 3.63) is 127 Å². The molecule has 0 fully saturated rings. The van der Waals surface area contributed by atoms with E-state index < -0.39 is 12.0 Å². The van der Waals surface area contributed by atoms with Crippen LogP contribution in [0.25, 0.3) is 6.08 Å². The number of carbonyl (C=O) groups is 1. The molecule has 0 amide bonds. The van der Waals surface area contributed by atoms with E-state index in [2.05, 4.69) is 50.2 Å². The van der Waals surface area contributed by atoms with Gasteiger partial charge < -0.3 is 9.47 Å². The SMILES string of the molecule is CCOC(=O)C1=C(C)N=c2s/c(=C/c3cc(I)c(OCc4ccccc4F)c(I)c3)c(=O)n2[C@@H]1c1ccc(C)cc1. The van der Waals surface area contributed by atoms with Crippen molar-refractivity contribution in [2.24, 2.45) is 4.99 Å². The zero-order valence-corrected chi connectivity index (χ0v) is 27.5. The Hall–Kier alpha value is -2.84. The molecule has 0 bridgehead atoms. The molecule has 0 unspecified atom stereocenters. The number of halogens is 3. The van der Waals surface area contributed by atoms with Crippen LogP contribution in [-0.2, 0) is 16.1 Å². The molecule has 4 aromatic rings. The Kier molecular flexibility index (Phi) is 9.09. The van der Waals surface area contributed by atoms with E-state index in [0.29, 0.717) is 31.9 Å². The van der Waals surface area contributed by atoms with Gasteiger partial charge in [0, 0.05) is 5.56 Å². The van der Waals surface area contributed by atoms with Gasteiger partial charge in [0.2, 0.25) is 0 Å². The number of aromatic nitrogens is 1. The van der Waals surface area contributed by atoms with Gasteiger partial charge in [-0.25, -0.2) is 14.2 Å². The first-order valence-electron chi connectivity index (χ1n) is 12.8. The number of rotatable bonds is 7. The summed E-state index contributed by atoms with van der Waals surface area (Å²) < 4.78 is 29.1.